The molecule has 1 rings (SSSR count). The summed E-state index contributed by atoms with van der Waals surface area (Å²) in [6.45, 7) is 0. The van der Waals surface area contributed by atoms with Crippen molar-refractivity contribution in [3.8, 4) is 0 Å². The second kappa shape index (κ2) is 1.67. The average molecular weight is 133 g/mol. The Kier molecular flexibility index (Phi) is 1.13. The quantitative estimate of drug-likeness (QED) is 0.544. The Hall–Kier alpha value is -0.700. The van der Waals surface area contributed by atoms with Crippen LogP contribution in [0, 0.1) is 0 Å². The van der Waals surface area contributed by atoms with Gasteiger partial charge in [-0.25, -0.2) is 4.79 Å². The highest BCUT2D eigenvalue weighted by Crippen LogP contribution is 1.95. The van der Waals surface area contributed by atoms with E-state index in [0.717, 1.165) is 0 Å². The largest absolute Gasteiger partial charge is 0.326 e. The van der Waals surface area contributed by atoms with Gasteiger partial charge in [-0.05, 0) is 0 Å². The molecular formula is C4H5ClN2O. The fourth-order valence-corrected chi connectivity index (χ4v) is 0.678. The molecule has 0 radical (unpaired) electrons. The number of nitrogens with one attached hydrogen (secondary N) is 1. The van der Waals surface area contributed by atoms with Gasteiger partial charge in [-0.1, -0.05) is 11.6 Å². The van der Waals surface area contributed by atoms with Crippen LogP contribution in [0.5, 0.6) is 0 Å². The van der Waals surface area contributed by atoms with Crippen molar-refractivity contribution in [1.82, 2.24) is 9.55 Å². The van der Waals surface area contributed by atoms with E-state index in [1.165, 1.54) is 10.8 Å². The summed E-state index contributed by atoms with van der Waals surface area (Å²) >= 11 is 5.39. The first-order valence-corrected chi connectivity index (χ1v) is 2.49. The molecule has 0 amide bonds. The molecule has 0 bridgehead atoms. The van der Waals surface area contributed by atoms with Gasteiger partial charge in [0.05, 0.1) is 0 Å². The minimum Gasteiger partial charge on any atom is -0.301 e. The highest BCUT2D eigenvalue weighted by Gasteiger charge is 1.91. The minimum absolute atomic E-state index is 0.185. The molecule has 0 aromatic carbocycles. The van der Waals surface area contributed by atoms with Gasteiger partial charge in [-0.3, -0.25) is 4.98 Å². The van der Waals surface area contributed by atoms with Gasteiger partial charge in [0.1, 0.15) is 5.15 Å². The van der Waals surface area contributed by atoms with Crippen LogP contribution in [-0.4, -0.2) is 9.55 Å². The van der Waals surface area contributed by atoms with Gasteiger partial charge in [0, 0.05) is 13.2 Å². The van der Waals surface area contributed by atoms with E-state index < -0.39 is 0 Å². The number of H-pyrrole nitrogens is 1. The van der Waals surface area contributed by atoms with Gasteiger partial charge in [-0.2, -0.15) is 0 Å². The predicted octanol–water partition coefficient (Wildman–Crippen LogP) is 0.367. The molecule has 1 aromatic heterocycles. The zero-order chi connectivity index (χ0) is 6.15. The van der Waals surface area contributed by atoms with Crippen LogP contribution in [-0.2, 0) is 7.05 Å². The summed E-state index contributed by atoms with van der Waals surface area (Å²) in [4.78, 5) is 12.8. The Bertz CT molecular complexity index is 236. The number of hydrogen-bond acceptors (Lipinski definition) is 1. The van der Waals surface area contributed by atoms with Crippen molar-refractivity contribution in [1.29, 1.82) is 0 Å². The minimum atomic E-state index is -0.185. The summed E-state index contributed by atoms with van der Waals surface area (Å²) in [7, 11) is 1.63. The molecule has 1 heterocycles. The highest BCUT2D eigenvalue weighted by molar-refractivity contribution is 6.29. The van der Waals surface area contributed by atoms with E-state index in [4.69, 9.17) is 11.6 Å². The van der Waals surface area contributed by atoms with E-state index in [1.807, 2.05) is 0 Å². The fourth-order valence-electron chi connectivity index (χ4n) is 0.451. The van der Waals surface area contributed by atoms with Gasteiger partial charge < -0.3 is 4.57 Å². The molecule has 0 atom stereocenters. The Morgan fingerprint density at radius 1 is 1.88 bits per heavy atom. The molecule has 0 spiro atoms. The SMILES string of the molecule is Cn1cc(Cl)[nH]c1=O. The van der Waals surface area contributed by atoms with Crippen LogP contribution in [0.1, 0.15) is 0 Å². The standard InChI is InChI=1S/C4H5ClN2O/c1-7-2-3(5)6-4(7)8/h2H,1H3,(H,6,8). The monoisotopic (exact) mass is 132 g/mol. The molecule has 1 N–H and O–H groups in total. The van der Waals surface area contributed by atoms with Crippen molar-refractivity contribution in [2.24, 2.45) is 7.05 Å². The maximum atomic E-state index is 10.5. The Labute approximate surface area is 50.9 Å². The molecule has 0 saturated heterocycles. The van der Waals surface area contributed by atoms with E-state index in [2.05, 4.69) is 4.98 Å². The maximum Gasteiger partial charge on any atom is 0.326 e. The van der Waals surface area contributed by atoms with Gasteiger partial charge in [-0.15, -0.1) is 0 Å². The normalized spacial score (nSPS) is 9.75. The number of nitrogens with zero attached hydrogens (tertiary/aromatic N) is 1. The lowest BCUT2D eigenvalue weighted by molar-refractivity contribution is 0.862. The highest BCUT2D eigenvalue weighted by atomic mass is 35.5. The van der Waals surface area contributed by atoms with Crippen molar-refractivity contribution in [2.75, 3.05) is 0 Å². The van der Waals surface area contributed by atoms with Gasteiger partial charge in [0.25, 0.3) is 0 Å². The fraction of sp³-hybridized carbons (Fsp3) is 0.250. The lowest BCUT2D eigenvalue weighted by Crippen LogP contribution is -2.11. The van der Waals surface area contributed by atoms with E-state index in [9.17, 15) is 4.79 Å². The Morgan fingerprint density at radius 2 is 2.50 bits per heavy atom. The summed E-state index contributed by atoms with van der Waals surface area (Å²) in [5.74, 6) is 0. The number of aromatic amines is 1. The topological polar surface area (TPSA) is 37.8 Å². The predicted molar refractivity (Wildman–Crippen MR) is 31.0 cm³/mol. The van der Waals surface area contributed by atoms with Crippen LogP contribution in [0.15, 0.2) is 11.0 Å². The number of imidazole rings is 1. The first-order valence-electron chi connectivity index (χ1n) is 2.11. The second-order valence-corrected chi connectivity index (χ2v) is 1.93. The molecule has 44 valence electrons. The van der Waals surface area contributed by atoms with Crippen molar-refractivity contribution < 1.29 is 0 Å². The van der Waals surface area contributed by atoms with Crippen LogP contribution >= 0.6 is 11.6 Å². The van der Waals surface area contributed by atoms with E-state index in [-0.39, 0.29) is 5.69 Å². The summed E-state index contributed by atoms with van der Waals surface area (Å²) in [5.41, 5.74) is -0.185. The van der Waals surface area contributed by atoms with Crippen molar-refractivity contribution in [2.45, 2.75) is 0 Å². The molecule has 0 aliphatic rings. The summed E-state index contributed by atoms with van der Waals surface area (Å²) in [6, 6.07) is 0. The summed E-state index contributed by atoms with van der Waals surface area (Å²) in [6.07, 6.45) is 1.52. The zero-order valence-electron chi connectivity index (χ0n) is 4.31. The van der Waals surface area contributed by atoms with E-state index in [0.29, 0.717) is 5.15 Å². The lowest BCUT2D eigenvalue weighted by atomic mass is 10.9. The van der Waals surface area contributed by atoms with Crippen LogP contribution in [0.4, 0.5) is 0 Å². The number of hydrogen-bond donors (Lipinski definition) is 1. The molecule has 4 heteroatoms. The molecule has 8 heavy (non-hydrogen) atoms. The lowest BCUT2D eigenvalue weighted by Gasteiger charge is -1.76. The molecular weight excluding hydrogens is 128 g/mol. The smallest absolute Gasteiger partial charge is 0.301 e. The molecule has 0 aliphatic heterocycles. The second-order valence-electron chi connectivity index (χ2n) is 1.52. The third kappa shape index (κ3) is 0.767. The number of halogens is 1. The van der Waals surface area contributed by atoms with E-state index in [1.54, 1.807) is 7.05 Å². The first kappa shape index (κ1) is 5.44. The number of aromatic nitrogens is 2. The maximum absolute atomic E-state index is 10.5. The Morgan fingerprint density at radius 3 is 2.62 bits per heavy atom. The molecule has 0 saturated carbocycles. The summed E-state index contributed by atoms with van der Waals surface area (Å²) < 4.78 is 1.38. The molecule has 3 nitrogen and oxygen atoms in total. The Balaban J connectivity index is 3.35. The third-order valence-corrected chi connectivity index (χ3v) is 1.05. The van der Waals surface area contributed by atoms with Crippen molar-refractivity contribution in [3.05, 3.63) is 21.8 Å². The van der Waals surface area contributed by atoms with Crippen LogP contribution in [0.3, 0.4) is 0 Å². The van der Waals surface area contributed by atoms with Crippen LogP contribution in [0.25, 0.3) is 0 Å². The number of rotatable bonds is 0. The van der Waals surface area contributed by atoms with Crippen LogP contribution < -0.4 is 5.69 Å². The average Bonchev–Trinajstić information content (AvgIpc) is 1.85. The van der Waals surface area contributed by atoms with Crippen molar-refractivity contribution in [3.63, 3.8) is 0 Å². The van der Waals surface area contributed by atoms with Gasteiger partial charge in [0.15, 0.2) is 0 Å². The first-order chi connectivity index (χ1) is 3.70. The molecule has 0 fully saturated rings. The zero-order valence-corrected chi connectivity index (χ0v) is 5.07. The molecule has 0 unspecified atom stereocenters. The summed E-state index contributed by atoms with van der Waals surface area (Å²) in [5, 5.41) is 0.373. The third-order valence-electron chi connectivity index (χ3n) is 0.854. The number of aryl methyl sites for hydroxylation is 1. The molecule has 0 aliphatic carbocycles. The molecule has 1 aromatic rings. The van der Waals surface area contributed by atoms with E-state index >= 15 is 0 Å². The van der Waals surface area contributed by atoms with Crippen molar-refractivity contribution >= 4 is 11.6 Å². The van der Waals surface area contributed by atoms with Gasteiger partial charge >= 0.3 is 5.69 Å². The van der Waals surface area contributed by atoms with Crippen LogP contribution in [0.2, 0.25) is 5.15 Å². The van der Waals surface area contributed by atoms with Gasteiger partial charge in [0.2, 0.25) is 0 Å².